The van der Waals surface area contributed by atoms with Crippen LogP contribution in [0, 0.1) is 0 Å². The molecule has 0 unspecified atom stereocenters. The highest BCUT2D eigenvalue weighted by Gasteiger charge is 2.35. The third kappa shape index (κ3) is 4.41. The second-order valence-corrected chi connectivity index (χ2v) is 6.57. The molecule has 1 amide bonds. The second-order valence-electron chi connectivity index (χ2n) is 6.57. The summed E-state index contributed by atoms with van der Waals surface area (Å²) in [6.45, 7) is 1.11. The van der Waals surface area contributed by atoms with E-state index in [1.807, 2.05) is 42.5 Å². The number of benzene rings is 3. The Morgan fingerprint density at radius 3 is 1.66 bits per heavy atom. The quantitative estimate of drug-likeness (QED) is 0.317. The standard InChI is InChI=1S/C24H26N2O3/c1-28-22-12-8-20(9-13-22)24(26-17-16-25-18-27,19-6-4-3-5-7-19)21-10-14-23(29-2)15-11-21/h3-15,18,26H,16-17H2,1-2H3,(H,25,27). The smallest absolute Gasteiger partial charge is 0.207 e. The molecule has 3 aromatic rings. The van der Waals surface area contributed by atoms with Crippen molar-refractivity contribution < 1.29 is 14.3 Å². The molecule has 0 aliphatic heterocycles. The molecule has 0 spiro atoms. The number of methoxy groups -OCH3 is 2. The Morgan fingerprint density at radius 2 is 1.21 bits per heavy atom. The molecule has 0 atom stereocenters. The molecule has 0 bridgehead atoms. The average Bonchev–Trinajstić information content (AvgIpc) is 2.80. The average molecular weight is 390 g/mol. The summed E-state index contributed by atoms with van der Waals surface area (Å²) >= 11 is 0. The van der Waals surface area contributed by atoms with E-state index in [9.17, 15) is 4.79 Å². The van der Waals surface area contributed by atoms with E-state index in [0.717, 1.165) is 28.2 Å². The molecular formula is C24H26N2O3. The monoisotopic (exact) mass is 390 g/mol. The summed E-state index contributed by atoms with van der Waals surface area (Å²) < 4.78 is 10.7. The van der Waals surface area contributed by atoms with Gasteiger partial charge in [0, 0.05) is 13.1 Å². The van der Waals surface area contributed by atoms with Gasteiger partial charge in [-0.25, -0.2) is 0 Å². The highest BCUT2D eigenvalue weighted by molar-refractivity contribution is 5.51. The fourth-order valence-corrected chi connectivity index (χ4v) is 3.56. The Bertz CT molecular complexity index is 846. The zero-order chi connectivity index (χ0) is 20.5. The molecule has 0 heterocycles. The van der Waals surface area contributed by atoms with Crippen LogP contribution in [0.2, 0.25) is 0 Å². The molecule has 5 heteroatoms. The number of amides is 1. The van der Waals surface area contributed by atoms with Crippen LogP contribution in [0.5, 0.6) is 11.5 Å². The van der Waals surface area contributed by atoms with Crippen LogP contribution < -0.4 is 20.1 Å². The summed E-state index contributed by atoms with van der Waals surface area (Å²) in [6.07, 6.45) is 0.715. The SMILES string of the molecule is COc1ccc(C(NCCNC=O)(c2ccccc2)c2ccc(OC)cc2)cc1. The molecular weight excluding hydrogens is 364 g/mol. The highest BCUT2D eigenvalue weighted by Crippen LogP contribution is 2.38. The Kier molecular flexibility index (Phi) is 6.87. The van der Waals surface area contributed by atoms with E-state index in [1.54, 1.807) is 14.2 Å². The maximum absolute atomic E-state index is 10.7. The lowest BCUT2D eigenvalue weighted by Gasteiger charge is -2.37. The molecule has 150 valence electrons. The van der Waals surface area contributed by atoms with Gasteiger partial charge < -0.3 is 14.8 Å². The minimum atomic E-state index is -0.607. The van der Waals surface area contributed by atoms with Gasteiger partial charge in [-0.05, 0) is 41.0 Å². The lowest BCUT2D eigenvalue weighted by Crippen LogP contribution is -2.47. The molecule has 0 fully saturated rings. The molecule has 3 aromatic carbocycles. The Labute approximate surface area is 171 Å². The number of ether oxygens (including phenoxy) is 2. The normalized spacial score (nSPS) is 11.0. The first kappa shape index (κ1) is 20.4. The summed E-state index contributed by atoms with van der Waals surface area (Å²) in [5.41, 5.74) is 2.63. The summed E-state index contributed by atoms with van der Waals surface area (Å²) in [6, 6.07) is 26.4. The Hall–Kier alpha value is -3.31. The number of hydrogen-bond acceptors (Lipinski definition) is 4. The van der Waals surface area contributed by atoms with Crippen LogP contribution in [0.4, 0.5) is 0 Å². The van der Waals surface area contributed by atoms with Gasteiger partial charge in [-0.15, -0.1) is 0 Å². The van der Waals surface area contributed by atoms with E-state index < -0.39 is 5.54 Å². The molecule has 0 aromatic heterocycles. The van der Waals surface area contributed by atoms with E-state index >= 15 is 0 Å². The summed E-state index contributed by atoms with van der Waals surface area (Å²) in [7, 11) is 3.32. The van der Waals surface area contributed by atoms with E-state index in [2.05, 4.69) is 47.0 Å². The molecule has 29 heavy (non-hydrogen) atoms. The van der Waals surface area contributed by atoms with E-state index in [-0.39, 0.29) is 0 Å². The van der Waals surface area contributed by atoms with Crippen molar-refractivity contribution >= 4 is 6.41 Å². The van der Waals surface area contributed by atoms with E-state index in [4.69, 9.17) is 9.47 Å². The van der Waals surface area contributed by atoms with Gasteiger partial charge in [-0.2, -0.15) is 0 Å². The van der Waals surface area contributed by atoms with E-state index in [0.29, 0.717) is 19.5 Å². The van der Waals surface area contributed by atoms with Gasteiger partial charge in [0.25, 0.3) is 0 Å². The summed E-state index contributed by atoms with van der Waals surface area (Å²) in [5.74, 6) is 1.60. The zero-order valence-corrected chi connectivity index (χ0v) is 16.7. The lowest BCUT2D eigenvalue weighted by atomic mass is 9.77. The first-order valence-electron chi connectivity index (χ1n) is 9.51. The number of rotatable bonds is 10. The minimum absolute atomic E-state index is 0.518. The summed E-state index contributed by atoms with van der Waals surface area (Å²) in [4.78, 5) is 10.7. The van der Waals surface area contributed by atoms with Crippen molar-refractivity contribution in [2.75, 3.05) is 27.3 Å². The second kappa shape index (κ2) is 9.75. The molecule has 3 rings (SSSR count). The molecule has 5 nitrogen and oxygen atoms in total. The van der Waals surface area contributed by atoms with Crippen LogP contribution in [0.15, 0.2) is 78.9 Å². The number of carbonyl (C=O) groups is 1. The minimum Gasteiger partial charge on any atom is -0.497 e. The third-order valence-corrected chi connectivity index (χ3v) is 5.00. The van der Waals surface area contributed by atoms with Crippen molar-refractivity contribution in [1.29, 1.82) is 0 Å². The predicted octanol–water partition coefficient (Wildman–Crippen LogP) is 3.33. The lowest BCUT2D eigenvalue weighted by molar-refractivity contribution is -0.109. The molecule has 2 N–H and O–H groups in total. The topological polar surface area (TPSA) is 59.6 Å². The van der Waals surface area contributed by atoms with Crippen molar-refractivity contribution in [3.63, 3.8) is 0 Å². The van der Waals surface area contributed by atoms with Crippen LogP contribution in [-0.2, 0) is 10.3 Å². The fraction of sp³-hybridized carbons (Fsp3) is 0.208. The number of nitrogens with one attached hydrogen (secondary N) is 2. The summed E-state index contributed by atoms with van der Waals surface area (Å²) in [5, 5.41) is 6.42. The van der Waals surface area contributed by atoms with E-state index in [1.165, 1.54) is 0 Å². The van der Waals surface area contributed by atoms with Crippen LogP contribution >= 0.6 is 0 Å². The van der Waals surface area contributed by atoms with Crippen molar-refractivity contribution in [2.24, 2.45) is 0 Å². The Morgan fingerprint density at radius 1 is 0.724 bits per heavy atom. The maximum atomic E-state index is 10.7. The first-order chi connectivity index (χ1) is 14.2. The van der Waals surface area contributed by atoms with Crippen LogP contribution in [-0.4, -0.2) is 33.7 Å². The molecule has 0 saturated heterocycles. The highest BCUT2D eigenvalue weighted by atomic mass is 16.5. The molecule has 0 saturated carbocycles. The van der Waals surface area contributed by atoms with Gasteiger partial charge in [0.15, 0.2) is 0 Å². The van der Waals surface area contributed by atoms with Gasteiger partial charge >= 0.3 is 0 Å². The largest absolute Gasteiger partial charge is 0.497 e. The molecule has 0 radical (unpaired) electrons. The van der Waals surface area contributed by atoms with Crippen LogP contribution in [0.1, 0.15) is 16.7 Å². The predicted molar refractivity (Wildman–Crippen MR) is 114 cm³/mol. The van der Waals surface area contributed by atoms with Gasteiger partial charge in [-0.1, -0.05) is 54.6 Å². The van der Waals surface area contributed by atoms with Crippen molar-refractivity contribution in [2.45, 2.75) is 5.54 Å². The number of hydrogen-bond donors (Lipinski definition) is 2. The first-order valence-corrected chi connectivity index (χ1v) is 9.51. The van der Waals surface area contributed by atoms with Gasteiger partial charge in [0.05, 0.1) is 19.8 Å². The van der Waals surface area contributed by atoms with Crippen molar-refractivity contribution in [3.05, 3.63) is 95.6 Å². The van der Waals surface area contributed by atoms with Crippen LogP contribution in [0.25, 0.3) is 0 Å². The van der Waals surface area contributed by atoms with Crippen LogP contribution in [0.3, 0.4) is 0 Å². The van der Waals surface area contributed by atoms with Gasteiger partial charge in [0.2, 0.25) is 6.41 Å². The maximum Gasteiger partial charge on any atom is 0.207 e. The molecule has 0 aliphatic rings. The third-order valence-electron chi connectivity index (χ3n) is 5.00. The van der Waals surface area contributed by atoms with Gasteiger partial charge in [0.1, 0.15) is 11.5 Å². The Balaban J connectivity index is 2.17. The number of carbonyl (C=O) groups excluding carboxylic acids is 1. The van der Waals surface area contributed by atoms with Gasteiger partial charge in [-0.3, -0.25) is 10.1 Å². The fourth-order valence-electron chi connectivity index (χ4n) is 3.56. The van der Waals surface area contributed by atoms with Crippen molar-refractivity contribution in [1.82, 2.24) is 10.6 Å². The molecule has 0 aliphatic carbocycles. The zero-order valence-electron chi connectivity index (χ0n) is 16.7. The van der Waals surface area contributed by atoms with Crippen molar-refractivity contribution in [3.8, 4) is 11.5 Å².